The van der Waals surface area contributed by atoms with Crippen molar-refractivity contribution < 1.29 is 13.6 Å². The average Bonchev–Trinajstić information content (AvgIpc) is 2.43. The SMILES string of the molecule is O=C(NCCc1ccccn1)Nc1ccc(F)cc1F. The summed E-state index contributed by atoms with van der Waals surface area (Å²) in [4.78, 5) is 15.6. The topological polar surface area (TPSA) is 54.0 Å². The van der Waals surface area contributed by atoms with Gasteiger partial charge in [0.05, 0.1) is 5.69 Å². The quantitative estimate of drug-likeness (QED) is 0.902. The maximum atomic E-state index is 13.3. The van der Waals surface area contributed by atoms with E-state index in [0.717, 1.165) is 11.8 Å². The normalized spacial score (nSPS) is 10.1. The van der Waals surface area contributed by atoms with Crippen molar-refractivity contribution in [1.82, 2.24) is 10.3 Å². The van der Waals surface area contributed by atoms with Gasteiger partial charge in [0.2, 0.25) is 0 Å². The summed E-state index contributed by atoms with van der Waals surface area (Å²) in [6, 6.07) is 7.92. The van der Waals surface area contributed by atoms with Crippen molar-refractivity contribution in [3.8, 4) is 0 Å². The van der Waals surface area contributed by atoms with Crippen molar-refractivity contribution in [3.63, 3.8) is 0 Å². The van der Waals surface area contributed by atoms with E-state index in [1.165, 1.54) is 6.07 Å². The Kier molecular flexibility index (Phi) is 4.60. The predicted octanol–water partition coefficient (Wildman–Crippen LogP) is 2.72. The number of hydrogen-bond donors (Lipinski definition) is 2. The Morgan fingerprint density at radius 2 is 2.05 bits per heavy atom. The van der Waals surface area contributed by atoms with E-state index in [4.69, 9.17) is 0 Å². The number of nitrogens with zero attached hydrogens (tertiary/aromatic N) is 1. The van der Waals surface area contributed by atoms with E-state index in [1.54, 1.807) is 12.3 Å². The van der Waals surface area contributed by atoms with Gasteiger partial charge in [-0.05, 0) is 24.3 Å². The lowest BCUT2D eigenvalue weighted by Crippen LogP contribution is -2.30. The van der Waals surface area contributed by atoms with Gasteiger partial charge >= 0.3 is 6.03 Å². The van der Waals surface area contributed by atoms with Crippen LogP contribution < -0.4 is 10.6 Å². The molecule has 0 aliphatic carbocycles. The number of amides is 2. The standard InChI is InChI=1S/C14H13F2N3O/c15-10-4-5-13(12(16)9-10)19-14(20)18-8-6-11-3-1-2-7-17-11/h1-5,7,9H,6,8H2,(H2,18,19,20). The molecule has 0 saturated heterocycles. The van der Waals surface area contributed by atoms with Crippen LogP contribution in [0, 0.1) is 11.6 Å². The molecule has 104 valence electrons. The number of nitrogens with one attached hydrogen (secondary N) is 2. The first kappa shape index (κ1) is 13.9. The van der Waals surface area contributed by atoms with Crippen LogP contribution in [0.5, 0.6) is 0 Å². The molecule has 1 aromatic carbocycles. The fourth-order valence-corrected chi connectivity index (χ4v) is 1.61. The molecular weight excluding hydrogens is 264 g/mol. The van der Waals surface area contributed by atoms with E-state index in [-0.39, 0.29) is 5.69 Å². The zero-order valence-electron chi connectivity index (χ0n) is 10.6. The van der Waals surface area contributed by atoms with E-state index >= 15 is 0 Å². The third kappa shape index (κ3) is 4.01. The largest absolute Gasteiger partial charge is 0.337 e. The number of hydrogen-bond acceptors (Lipinski definition) is 2. The summed E-state index contributed by atoms with van der Waals surface area (Å²) < 4.78 is 26.0. The highest BCUT2D eigenvalue weighted by Gasteiger charge is 2.07. The lowest BCUT2D eigenvalue weighted by atomic mass is 10.3. The van der Waals surface area contributed by atoms with Crippen molar-refractivity contribution in [2.75, 3.05) is 11.9 Å². The Bertz CT molecular complexity index is 590. The van der Waals surface area contributed by atoms with Gasteiger partial charge in [-0.15, -0.1) is 0 Å². The van der Waals surface area contributed by atoms with Crippen molar-refractivity contribution in [2.45, 2.75) is 6.42 Å². The van der Waals surface area contributed by atoms with Crippen molar-refractivity contribution >= 4 is 11.7 Å². The van der Waals surface area contributed by atoms with E-state index in [2.05, 4.69) is 15.6 Å². The monoisotopic (exact) mass is 277 g/mol. The van der Waals surface area contributed by atoms with E-state index in [0.29, 0.717) is 19.0 Å². The van der Waals surface area contributed by atoms with Crippen LogP contribution in [0.15, 0.2) is 42.6 Å². The van der Waals surface area contributed by atoms with Crippen LogP contribution >= 0.6 is 0 Å². The molecule has 0 spiro atoms. The number of carbonyl (C=O) groups is 1. The predicted molar refractivity (Wildman–Crippen MR) is 71.3 cm³/mol. The number of aromatic nitrogens is 1. The highest BCUT2D eigenvalue weighted by atomic mass is 19.1. The van der Waals surface area contributed by atoms with Crippen LogP contribution in [0.25, 0.3) is 0 Å². The highest BCUT2D eigenvalue weighted by Crippen LogP contribution is 2.14. The molecule has 0 fully saturated rings. The molecule has 0 unspecified atom stereocenters. The van der Waals surface area contributed by atoms with Gasteiger partial charge in [-0.2, -0.15) is 0 Å². The summed E-state index contributed by atoms with van der Waals surface area (Å²) in [7, 11) is 0. The molecule has 20 heavy (non-hydrogen) atoms. The van der Waals surface area contributed by atoms with Crippen LogP contribution in [0.4, 0.5) is 19.3 Å². The van der Waals surface area contributed by atoms with Crippen LogP contribution in [0.2, 0.25) is 0 Å². The number of urea groups is 1. The zero-order chi connectivity index (χ0) is 14.4. The molecule has 2 amide bonds. The maximum Gasteiger partial charge on any atom is 0.319 e. The number of halogens is 2. The first-order chi connectivity index (χ1) is 9.65. The molecule has 2 aromatic rings. The third-order valence-corrected chi connectivity index (χ3v) is 2.57. The summed E-state index contributed by atoms with van der Waals surface area (Å²) in [6.07, 6.45) is 2.24. The Morgan fingerprint density at radius 1 is 1.20 bits per heavy atom. The van der Waals surface area contributed by atoms with Gasteiger partial charge < -0.3 is 10.6 Å². The van der Waals surface area contributed by atoms with E-state index in [1.807, 2.05) is 12.1 Å². The number of rotatable bonds is 4. The van der Waals surface area contributed by atoms with Gasteiger partial charge in [-0.3, -0.25) is 4.98 Å². The third-order valence-electron chi connectivity index (χ3n) is 2.57. The van der Waals surface area contributed by atoms with Gasteiger partial charge in [0.15, 0.2) is 0 Å². The Morgan fingerprint density at radius 3 is 2.75 bits per heavy atom. The van der Waals surface area contributed by atoms with Crippen molar-refractivity contribution in [3.05, 3.63) is 59.9 Å². The zero-order valence-corrected chi connectivity index (χ0v) is 10.6. The summed E-state index contributed by atoms with van der Waals surface area (Å²) in [5, 5.41) is 4.88. The average molecular weight is 277 g/mol. The summed E-state index contributed by atoms with van der Waals surface area (Å²) in [5.74, 6) is -1.51. The molecule has 1 heterocycles. The van der Waals surface area contributed by atoms with Crippen molar-refractivity contribution in [2.24, 2.45) is 0 Å². The van der Waals surface area contributed by atoms with E-state index < -0.39 is 17.7 Å². The van der Waals surface area contributed by atoms with Gasteiger partial charge in [-0.1, -0.05) is 6.07 Å². The van der Waals surface area contributed by atoms with Crippen LogP contribution in [-0.4, -0.2) is 17.6 Å². The Labute approximate surface area is 114 Å². The van der Waals surface area contributed by atoms with Gasteiger partial charge in [-0.25, -0.2) is 13.6 Å². The second-order valence-corrected chi connectivity index (χ2v) is 4.08. The molecule has 2 rings (SSSR count). The second-order valence-electron chi connectivity index (χ2n) is 4.08. The molecule has 1 aromatic heterocycles. The Hall–Kier alpha value is -2.50. The van der Waals surface area contributed by atoms with Crippen LogP contribution in [0.1, 0.15) is 5.69 Å². The first-order valence-corrected chi connectivity index (χ1v) is 6.05. The number of benzene rings is 1. The molecular formula is C14H13F2N3O. The lowest BCUT2D eigenvalue weighted by molar-refractivity contribution is 0.252. The minimum absolute atomic E-state index is 0.0678. The molecule has 0 radical (unpaired) electrons. The van der Waals surface area contributed by atoms with Gasteiger partial charge in [0.1, 0.15) is 11.6 Å². The van der Waals surface area contributed by atoms with Crippen molar-refractivity contribution in [1.29, 1.82) is 0 Å². The molecule has 0 aliphatic rings. The summed E-state index contributed by atoms with van der Waals surface area (Å²) in [5.41, 5.74) is 0.780. The maximum absolute atomic E-state index is 13.3. The van der Waals surface area contributed by atoms with Gasteiger partial charge in [0, 0.05) is 30.9 Å². The molecule has 6 heteroatoms. The fraction of sp³-hybridized carbons (Fsp3) is 0.143. The number of anilines is 1. The molecule has 4 nitrogen and oxygen atoms in total. The minimum atomic E-state index is -0.815. The summed E-state index contributed by atoms with van der Waals surface area (Å²) in [6.45, 7) is 0.367. The number of carbonyl (C=O) groups excluding carboxylic acids is 1. The highest BCUT2D eigenvalue weighted by molar-refractivity contribution is 5.89. The summed E-state index contributed by atoms with van der Waals surface area (Å²) >= 11 is 0. The minimum Gasteiger partial charge on any atom is -0.337 e. The molecule has 0 bridgehead atoms. The number of pyridine rings is 1. The molecule has 0 saturated carbocycles. The van der Waals surface area contributed by atoms with E-state index in [9.17, 15) is 13.6 Å². The fourth-order valence-electron chi connectivity index (χ4n) is 1.61. The first-order valence-electron chi connectivity index (χ1n) is 6.05. The van der Waals surface area contributed by atoms with Gasteiger partial charge in [0.25, 0.3) is 0 Å². The second kappa shape index (κ2) is 6.60. The molecule has 2 N–H and O–H groups in total. The smallest absolute Gasteiger partial charge is 0.319 e. The Balaban J connectivity index is 1.81. The molecule has 0 aliphatic heterocycles. The van der Waals surface area contributed by atoms with Crippen LogP contribution in [0.3, 0.4) is 0 Å². The van der Waals surface area contributed by atoms with Crippen LogP contribution in [-0.2, 0) is 6.42 Å². The molecule has 0 atom stereocenters. The lowest BCUT2D eigenvalue weighted by Gasteiger charge is -2.08.